The summed E-state index contributed by atoms with van der Waals surface area (Å²) in [4.78, 5) is 10.2. The molecule has 0 aromatic heterocycles. The molecule has 0 fully saturated rings. The van der Waals surface area contributed by atoms with Crippen LogP contribution < -0.4 is 11.5 Å². The van der Waals surface area contributed by atoms with Crippen LogP contribution in [0.2, 0.25) is 0 Å². The number of hydrogen-bond donors (Lipinski definition) is 2. The zero-order valence-electron chi connectivity index (χ0n) is 5.14. The molecule has 0 aliphatic rings. The molecule has 1 atom stereocenters. The third-order valence-corrected chi connectivity index (χ3v) is 1.29. The van der Waals surface area contributed by atoms with E-state index in [1.165, 1.54) is 0 Å². The molecule has 3 nitrogen and oxygen atoms in total. The van der Waals surface area contributed by atoms with E-state index >= 15 is 0 Å². The van der Waals surface area contributed by atoms with E-state index in [1.54, 1.807) is 0 Å². The monoisotopic (exact) mass is 150 g/mol. The van der Waals surface area contributed by atoms with Gasteiger partial charge in [0.05, 0.1) is 6.04 Å². The van der Waals surface area contributed by atoms with Gasteiger partial charge in [-0.1, -0.05) is 0 Å². The van der Waals surface area contributed by atoms with Crippen LogP contribution in [0.15, 0.2) is 0 Å². The lowest BCUT2D eigenvalue weighted by Crippen LogP contribution is -2.27. The highest BCUT2D eigenvalue weighted by atomic mass is 35.5. The Bertz CT molecular complexity index is 97.0. The first-order valence-electron chi connectivity index (χ1n) is 2.83. The molecule has 4 N–H and O–H groups in total. The average Bonchev–Trinajstić information content (AvgIpc) is 1.82. The molecule has 0 spiro atoms. The largest absolute Gasteiger partial charge is 0.330 e. The molecule has 4 heteroatoms. The van der Waals surface area contributed by atoms with Gasteiger partial charge in [0.2, 0.25) is 5.24 Å². The standard InChI is InChI=1S/C5H11ClN2O/c6-5(9)4(8)2-1-3-7/h4H,1-3,7-8H2/t4-/m0/s1. The molecular weight excluding hydrogens is 140 g/mol. The third kappa shape index (κ3) is 4.39. The molecule has 54 valence electrons. The van der Waals surface area contributed by atoms with E-state index in [0.29, 0.717) is 13.0 Å². The molecule has 0 bridgehead atoms. The summed E-state index contributed by atoms with van der Waals surface area (Å²) in [6.07, 6.45) is 1.33. The molecular formula is C5H11ClN2O. The Hall–Kier alpha value is -0.120. The lowest BCUT2D eigenvalue weighted by atomic mass is 10.2. The molecule has 0 aromatic rings. The van der Waals surface area contributed by atoms with Crippen molar-refractivity contribution < 1.29 is 4.79 Å². The maximum absolute atomic E-state index is 10.2. The zero-order valence-corrected chi connectivity index (χ0v) is 5.90. The van der Waals surface area contributed by atoms with Crippen LogP contribution in [0.4, 0.5) is 0 Å². The van der Waals surface area contributed by atoms with Gasteiger partial charge in [0.15, 0.2) is 0 Å². The second-order valence-corrected chi connectivity index (χ2v) is 2.21. The van der Waals surface area contributed by atoms with Crippen molar-refractivity contribution in [1.29, 1.82) is 0 Å². The Kier molecular flexibility index (Phi) is 4.67. The van der Waals surface area contributed by atoms with Gasteiger partial charge in [-0.3, -0.25) is 4.79 Å². The average molecular weight is 151 g/mol. The van der Waals surface area contributed by atoms with Crippen LogP contribution in [-0.4, -0.2) is 17.8 Å². The first-order valence-corrected chi connectivity index (χ1v) is 3.21. The summed E-state index contributed by atoms with van der Waals surface area (Å²) in [7, 11) is 0. The molecule has 0 radical (unpaired) electrons. The predicted molar refractivity (Wildman–Crippen MR) is 37.1 cm³/mol. The van der Waals surface area contributed by atoms with Gasteiger partial charge in [0.1, 0.15) is 0 Å². The van der Waals surface area contributed by atoms with E-state index in [-0.39, 0.29) is 0 Å². The van der Waals surface area contributed by atoms with Crippen molar-refractivity contribution in [2.45, 2.75) is 18.9 Å². The summed E-state index contributed by atoms with van der Waals surface area (Å²) in [6, 6.07) is -0.532. The minimum Gasteiger partial charge on any atom is -0.330 e. The third-order valence-electron chi connectivity index (χ3n) is 1.01. The summed E-state index contributed by atoms with van der Waals surface area (Å²) in [5.41, 5.74) is 10.4. The van der Waals surface area contributed by atoms with Gasteiger partial charge in [-0.25, -0.2) is 0 Å². The molecule has 0 aromatic carbocycles. The first-order chi connectivity index (χ1) is 4.18. The van der Waals surface area contributed by atoms with Crippen molar-refractivity contribution in [2.24, 2.45) is 11.5 Å². The van der Waals surface area contributed by atoms with Crippen LogP contribution in [0.25, 0.3) is 0 Å². The second-order valence-electron chi connectivity index (χ2n) is 1.84. The highest BCUT2D eigenvalue weighted by Crippen LogP contribution is 1.96. The van der Waals surface area contributed by atoms with Crippen LogP contribution in [0, 0.1) is 0 Å². The zero-order chi connectivity index (χ0) is 7.28. The Balaban J connectivity index is 3.27. The summed E-state index contributed by atoms with van der Waals surface area (Å²) >= 11 is 5.06. The molecule has 0 amide bonds. The van der Waals surface area contributed by atoms with Crippen molar-refractivity contribution in [3.05, 3.63) is 0 Å². The number of hydrogen-bond acceptors (Lipinski definition) is 3. The fourth-order valence-electron chi connectivity index (χ4n) is 0.451. The molecule has 0 unspecified atom stereocenters. The van der Waals surface area contributed by atoms with Crippen molar-refractivity contribution in [3.63, 3.8) is 0 Å². The van der Waals surface area contributed by atoms with E-state index in [0.717, 1.165) is 6.42 Å². The Morgan fingerprint density at radius 2 is 2.22 bits per heavy atom. The number of halogens is 1. The van der Waals surface area contributed by atoms with E-state index in [2.05, 4.69) is 0 Å². The van der Waals surface area contributed by atoms with Gasteiger partial charge >= 0.3 is 0 Å². The normalized spacial score (nSPS) is 13.2. The minimum atomic E-state index is -0.532. The topological polar surface area (TPSA) is 69.1 Å². The van der Waals surface area contributed by atoms with Gasteiger partial charge in [0.25, 0.3) is 0 Å². The van der Waals surface area contributed by atoms with Crippen molar-refractivity contribution >= 4 is 16.8 Å². The van der Waals surface area contributed by atoms with Crippen LogP contribution >= 0.6 is 11.6 Å². The van der Waals surface area contributed by atoms with Gasteiger partial charge in [-0.2, -0.15) is 0 Å². The van der Waals surface area contributed by atoms with Crippen molar-refractivity contribution in [3.8, 4) is 0 Å². The lowest BCUT2D eigenvalue weighted by molar-refractivity contribution is -0.112. The molecule has 0 saturated heterocycles. The molecule has 0 rings (SSSR count). The Labute approximate surface area is 59.3 Å². The van der Waals surface area contributed by atoms with E-state index in [1.807, 2.05) is 0 Å². The number of rotatable bonds is 4. The van der Waals surface area contributed by atoms with E-state index in [9.17, 15) is 4.79 Å². The fraction of sp³-hybridized carbons (Fsp3) is 0.800. The van der Waals surface area contributed by atoms with E-state index in [4.69, 9.17) is 23.1 Å². The first kappa shape index (κ1) is 8.88. The Morgan fingerprint density at radius 1 is 1.67 bits per heavy atom. The Morgan fingerprint density at radius 3 is 2.56 bits per heavy atom. The maximum Gasteiger partial charge on any atom is 0.238 e. The molecule has 0 aliphatic heterocycles. The van der Waals surface area contributed by atoms with Crippen molar-refractivity contribution in [1.82, 2.24) is 0 Å². The molecule has 9 heavy (non-hydrogen) atoms. The highest BCUT2D eigenvalue weighted by Gasteiger charge is 2.07. The predicted octanol–water partition coefficient (Wildman–Crippen LogP) is -0.182. The number of nitrogens with two attached hydrogens (primary N) is 2. The second kappa shape index (κ2) is 4.73. The number of carbonyl (C=O) groups excluding carboxylic acids is 1. The van der Waals surface area contributed by atoms with Crippen molar-refractivity contribution in [2.75, 3.05) is 6.54 Å². The summed E-state index contributed by atoms with van der Waals surface area (Å²) < 4.78 is 0. The van der Waals surface area contributed by atoms with Crippen LogP contribution in [0.5, 0.6) is 0 Å². The van der Waals surface area contributed by atoms with Crippen LogP contribution in [-0.2, 0) is 4.79 Å². The summed E-state index contributed by atoms with van der Waals surface area (Å²) in [5, 5.41) is -0.483. The fourth-order valence-corrected chi connectivity index (χ4v) is 0.560. The summed E-state index contributed by atoms with van der Waals surface area (Å²) in [6.45, 7) is 0.553. The van der Waals surface area contributed by atoms with Gasteiger partial charge in [0, 0.05) is 0 Å². The quantitative estimate of drug-likeness (QED) is 0.547. The van der Waals surface area contributed by atoms with Crippen LogP contribution in [0.3, 0.4) is 0 Å². The SMILES string of the molecule is NCCC[C@H](N)C(=O)Cl. The molecule has 0 saturated carbocycles. The lowest BCUT2D eigenvalue weighted by Gasteiger charge is -2.02. The number of carbonyl (C=O) groups is 1. The van der Waals surface area contributed by atoms with E-state index < -0.39 is 11.3 Å². The van der Waals surface area contributed by atoms with Gasteiger partial charge in [-0.15, -0.1) is 0 Å². The van der Waals surface area contributed by atoms with Gasteiger partial charge in [-0.05, 0) is 31.0 Å². The smallest absolute Gasteiger partial charge is 0.238 e. The highest BCUT2D eigenvalue weighted by molar-refractivity contribution is 6.64. The van der Waals surface area contributed by atoms with Crippen LogP contribution in [0.1, 0.15) is 12.8 Å². The minimum absolute atomic E-state index is 0.483. The maximum atomic E-state index is 10.2. The molecule has 0 aliphatic carbocycles. The molecule has 0 heterocycles. The summed E-state index contributed by atoms with van der Waals surface area (Å²) in [5.74, 6) is 0. The van der Waals surface area contributed by atoms with Gasteiger partial charge < -0.3 is 11.5 Å².